The number of carbonyl (C=O) groups excluding carboxylic acids is 1. The summed E-state index contributed by atoms with van der Waals surface area (Å²) in [4.78, 5) is 21.8. The fourth-order valence-electron chi connectivity index (χ4n) is 2.58. The van der Waals surface area contributed by atoms with Crippen molar-refractivity contribution in [1.29, 1.82) is 0 Å². The Morgan fingerprint density at radius 2 is 2.19 bits per heavy atom. The van der Waals surface area contributed by atoms with Gasteiger partial charge in [-0.05, 0) is 60.2 Å². The number of nitrogens with one attached hydrogen (secondary N) is 1. The first-order valence-corrected chi connectivity index (χ1v) is 9.59. The molecule has 0 aliphatic heterocycles. The van der Waals surface area contributed by atoms with E-state index in [0.717, 1.165) is 14.5 Å². The zero-order valence-corrected chi connectivity index (χ0v) is 18.0. The third kappa shape index (κ3) is 6.03. The van der Waals surface area contributed by atoms with Gasteiger partial charge in [-0.15, -0.1) is 0 Å². The van der Waals surface area contributed by atoms with Crippen molar-refractivity contribution in [2.75, 3.05) is 20.8 Å². The lowest BCUT2D eigenvalue weighted by Crippen LogP contribution is -2.54. The summed E-state index contributed by atoms with van der Waals surface area (Å²) >= 11 is 2.21. The number of carbonyl (C=O) groups is 1. The quantitative estimate of drug-likeness (QED) is 0.335. The minimum atomic E-state index is -0.804. The van der Waals surface area contributed by atoms with Crippen molar-refractivity contribution in [2.24, 2.45) is 5.16 Å². The van der Waals surface area contributed by atoms with Gasteiger partial charge < -0.3 is 19.6 Å². The summed E-state index contributed by atoms with van der Waals surface area (Å²) in [7, 11) is 3.00. The Labute approximate surface area is 172 Å². The van der Waals surface area contributed by atoms with Crippen molar-refractivity contribution >= 4 is 45.6 Å². The van der Waals surface area contributed by atoms with Crippen molar-refractivity contribution in [3.63, 3.8) is 0 Å². The molecule has 0 radical (unpaired) electrons. The fourth-order valence-corrected chi connectivity index (χ4v) is 3.05. The standard InChI is InChI=1S/C19H24IN3O4/c1-5-17(18(24)23-19(2,12-25-3)11-22-26-4)27-15-6-7-16-13(9-15)8-14(20)10-21-16/h6-11,17H,5,12H2,1-4H3,(H,23,24)/b22-11+. The number of nitrogens with zero attached hydrogens (tertiary/aromatic N) is 2. The Hall–Kier alpha value is -1.94. The van der Waals surface area contributed by atoms with E-state index in [-0.39, 0.29) is 12.5 Å². The van der Waals surface area contributed by atoms with E-state index in [1.807, 2.05) is 37.4 Å². The molecule has 2 aromatic rings. The minimum Gasteiger partial charge on any atom is -0.481 e. The van der Waals surface area contributed by atoms with E-state index in [9.17, 15) is 4.79 Å². The molecule has 0 saturated heterocycles. The highest BCUT2D eigenvalue weighted by atomic mass is 127. The molecule has 2 rings (SSSR count). The van der Waals surface area contributed by atoms with Gasteiger partial charge >= 0.3 is 0 Å². The topological polar surface area (TPSA) is 82.0 Å². The van der Waals surface area contributed by atoms with Crippen LogP contribution in [0, 0.1) is 3.57 Å². The predicted molar refractivity (Wildman–Crippen MR) is 113 cm³/mol. The summed E-state index contributed by atoms with van der Waals surface area (Å²) in [6.45, 7) is 3.95. The Bertz CT molecular complexity index is 815. The van der Waals surface area contributed by atoms with Gasteiger partial charge in [-0.1, -0.05) is 12.1 Å². The largest absolute Gasteiger partial charge is 0.481 e. The number of oxime groups is 1. The van der Waals surface area contributed by atoms with Gasteiger partial charge in [-0.2, -0.15) is 0 Å². The van der Waals surface area contributed by atoms with Crippen molar-refractivity contribution < 1.29 is 19.1 Å². The number of hydrogen-bond donors (Lipinski definition) is 1. The van der Waals surface area contributed by atoms with Crippen LogP contribution in [0.4, 0.5) is 0 Å². The molecule has 27 heavy (non-hydrogen) atoms. The molecule has 2 unspecified atom stereocenters. The Morgan fingerprint density at radius 3 is 2.85 bits per heavy atom. The summed E-state index contributed by atoms with van der Waals surface area (Å²) in [6, 6.07) is 7.61. The molecule has 146 valence electrons. The number of fused-ring (bicyclic) bond motifs is 1. The molecule has 1 aromatic carbocycles. The average molecular weight is 485 g/mol. The summed E-state index contributed by atoms with van der Waals surface area (Å²) in [5.41, 5.74) is 0.0749. The summed E-state index contributed by atoms with van der Waals surface area (Å²) in [6.07, 6.45) is 3.18. The normalized spacial score (nSPS) is 14.7. The van der Waals surface area contributed by atoms with Gasteiger partial charge in [0.25, 0.3) is 5.91 Å². The SMILES string of the molecule is CCC(Oc1ccc2ncc(I)cc2c1)C(=O)NC(C)(/C=N/OC)COC. The number of pyridine rings is 1. The Morgan fingerprint density at radius 1 is 1.41 bits per heavy atom. The molecule has 1 N–H and O–H groups in total. The number of methoxy groups -OCH3 is 1. The van der Waals surface area contributed by atoms with E-state index in [0.29, 0.717) is 12.2 Å². The second-order valence-electron chi connectivity index (χ2n) is 6.28. The molecule has 0 spiro atoms. The molecule has 2 atom stereocenters. The molecule has 0 saturated carbocycles. The van der Waals surface area contributed by atoms with Crippen LogP contribution in [0.5, 0.6) is 5.75 Å². The maximum absolute atomic E-state index is 12.7. The van der Waals surface area contributed by atoms with Crippen LogP contribution in [-0.2, 0) is 14.4 Å². The van der Waals surface area contributed by atoms with Crippen LogP contribution in [0.25, 0.3) is 10.9 Å². The molecule has 0 aliphatic carbocycles. The van der Waals surface area contributed by atoms with Crippen LogP contribution in [0.15, 0.2) is 35.6 Å². The smallest absolute Gasteiger partial charge is 0.261 e. The lowest BCUT2D eigenvalue weighted by Gasteiger charge is -2.28. The zero-order chi connectivity index (χ0) is 19.9. The average Bonchev–Trinajstić information content (AvgIpc) is 2.64. The highest BCUT2D eigenvalue weighted by molar-refractivity contribution is 14.1. The highest BCUT2D eigenvalue weighted by Crippen LogP contribution is 2.22. The number of ether oxygens (including phenoxy) is 2. The number of amides is 1. The Kier molecular flexibility index (Phi) is 7.78. The Balaban J connectivity index is 2.15. The van der Waals surface area contributed by atoms with Gasteiger partial charge in [0.1, 0.15) is 12.9 Å². The van der Waals surface area contributed by atoms with Crippen LogP contribution < -0.4 is 10.1 Å². The van der Waals surface area contributed by atoms with Crippen LogP contribution >= 0.6 is 22.6 Å². The lowest BCUT2D eigenvalue weighted by molar-refractivity contribution is -0.129. The monoisotopic (exact) mass is 485 g/mol. The second-order valence-corrected chi connectivity index (χ2v) is 7.53. The molecule has 7 nitrogen and oxygen atoms in total. The second kappa shape index (κ2) is 9.84. The zero-order valence-electron chi connectivity index (χ0n) is 15.9. The maximum Gasteiger partial charge on any atom is 0.261 e. The van der Waals surface area contributed by atoms with Gasteiger partial charge in [0, 0.05) is 22.3 Å². The van der Waals surface area contributed by atoms with E-state index in [1.165, 1.54) is 13.3 Å². The molecular weight excluding hydrogens is 461 g/mol. The van der Waals surface area contributed by atoms with E-state index >= 15 is 0 Å². The minimum absolute atomic E-state index is 0.250. The van der Waals surface area contributed by atoms with Gasteiger partial charge in [0.05, 0.1) is 23.9 Å². The number of halogens is 1. The van der Waals surface area contributed by atoms with E-state index in [2.05, 4.69) is 38.0 Å². The third-order valence-corrected chi connectivity index (χ3v) is 4.45. The third-order valence-electron chi connectivity index (χ3n) is 3.86. The van der Waals surface area contributed by atoms with Crippen molar-refractivity contribution in [3.8, 4) is 5.75 Å². The van der Waals surface area contributed by atoms with Crippen LogP contribution in [0.1, 0.15) is 20.3 Å². The van der Waals surface area contributed by atoms with E-state index < -0.39 is 11.6 Å². The fraction of sp³-hybridized carbons (Fsp3) is 0.421. The van der Waals surface area contributed by atoms with Crippen LogP contribution in [0.3, 0.4) is 0 Å². The molecule has 1 amide bonds. The number of benzene rings is 1. The predicted octanol–water partition coefficient (Wildman–Crippen LogP) is 3.15. The first-order valence-electron chi connectivity index (χ1n) is 8.51. The molecule has 1 aromatic heterocycles. The number of aromatic nitrogens is 1. The number of rotatable bonds is 9. The summed E-state index contributed by atoms with van der Waals surface area (Å²) < 4.78 is 12.2. The maximum atomic E-state index is 12.7. The number of hydrogen-bond acceptors (Lipinski definition) is 6. The van der Waals surface area contributed by atoms with Gasteiger partial charge in [0.2, 0.25) is 0 Å². The molecule has 0 fully saturated rings. The van der Waals surface area contributed by atoms with Gasteiger partial charge in [-0.25, -0.2) is 0 Å². The molecule has 8 heteroatoms. The summed E-state index contributed by atoms with van der Waals surface area (Å²) in [5.74, 6) is 0.368. The summed E-state index contributed by atoms with van der Waals surface area (Å²) in [5, 5.41) is 7.64. The lowest BCUT2D eigenvalue weighted by atomic mass is 10.0. The molecule has 1 heterocycles. The van der Waals surface area contributed by atoms with Gasteiger partial charge in [0.15, 0.2) is 6.10 Å². The van der Waals surface area contributed by atoms with Gasteiger partial charge in [-0.3, -0.25) is 9.78 Å². The van der Waals surface area contributed by atoms with Crippen molar-refractivity contribution in [1.82, 2.24) is 10.3 Å². The highest BCUT2D eigenvalue weighted by Gasteiger charge is 2.29. The van der Waals surface area contributed by atoms with E-state index in [4.69, 9.17) is 14.3 Å². The molecule has 0 aliphatic rings. The van der Waals surface area contributed by atoms with Crippen molar-refractivity contribution in [3.05, 3.63) is 34.0 Å². The van der Waals surface area contributed by atoms with Crippen LogP contribution in [-0.4, -0.2) is 49.6 Å². The first kappa shape index (κ1) is 21.4. The van der Waals surface area contributed by atoms with Crippen molar-refractivity contribution in [2.45, 2.75) is 31.9 Å². The first-order chi connectivity index (χ1) is 12.9. The molecule has 0 bridgehead atoms. The molecular formula is C19H24IN3O4. The van der Waals surface area contributed by atoms with Crippen LogP contribution in [0.2, 0.25) is 0 Å². The van der Waals surface area contributed by atoms with E-state index in [1.54, 1.807) is 14.0 Å².